The zero-order valence-electron chi connectivity index (χ0n) is 7.60. The van der Waals surface area contributed by atoms with Gasteiger partial charge in [-0.05, 0) is 18.4 Å². The van der Waals surface area contributed by atoms with Crippen LogP contribution in [0.3, 0.4) is 0 Å². The fourth-order valence-electron chi connectivity index (χ4n) is 1.13. The number of ketones is 1. The number of rotatable bonds is 6. The van der Waals surface area contributed by atoms with Crippen LogP contribution in [-0.4, -0.2) is 29.7 Å². The summed E-state index contributed by atoms with van der Waals surface area (Å²) in [6, 6.07) is 0. The van der Waals surface area contributed by atoms with Crippen LogP contribution in [0.25, 0.3) is 0 Å². The normalized spacial score (nSPS) is 11.5. The summed E-state index contributed by atoms with van der Waals surface area (Å²) >= 11 is 0. The standard InChI is InChI=1S/C10H18O.Sn.4H/c1-4-6-9(3)7-8-10(11)5-2;;;;;/h5,9H,2,4,6-8H2,1,3H3;;;;;. The molecule has 0 heterocycles. The van der Waals surface area contributed by atoms with Gasteiger partial charge in [0.25, 0.3) is 0 Å². The molecule has 0 aromatic rings. The predicted octanol–water partition coefficient (Wildman–Crippen LogP) is 1.51. The van der Waals surface area contributed by atoms with E-state index in [4.69, 9.17) is 0 Å². The molecule has 72 valence electrons. The molecule has 0 saturated heterocycles. The average Bonchev–Trinajstić information content (AvgIpc) is 2.01. The molecular formula is C10H22OSn. The van der Waals surface area contributed by atoms with Gasteiger partial charge in [-0.25, -0.2) is 0 Å². The van der Waals surface area contributed by atoms with Crippen LogP contribution in [-0.2, 0) is 4.79 Å². The van der Waals surface area contributed by atoms with E-state index in [2.05, 4.69) is 20.4 Å². The topological polar surface area (TPSA) is 17.1 Å². The van der Waals surface area contributed by atoms with Crippen molar-refractivity contribution in [3.05, 3.63) is 12.7 Å². The molecule has 2 heteroatoms. The molecular weight excluding hydrogens is 255 g/mol. The van der Waals surface area contributed by atoms with Crippen molar-refractivity contribution >= 4 is 29.7 Å². The summed E-state index contributed by atoms with van der Waals surface area (Å²) in [5.74, 6) is 0.858. The van der Waals surface area contributed by atoms with E-state index in [1.165, 1.54) is 18.9 Å². The number of hydrogen-bond acceptors (Lipinski definition) is 1. The molecule has 0 fully saturated rings. The summed E-state index contributed by atoms with van der Waals surface area (Å²) in [6.07, 6.45) is 5.54. The summed E-state index contributed by atoms with van der Waals surface area (Å²) in [5.41, 5.74) is 0. The van der Waals surface area contributed by atoms with Gasteiger partial charge in [-0.3, -0.25) is 4.79 Å². The van der Waals surface area contributed by atoms with Gasteiger partial charge in [0.1, 0.15) is 0 Å². The first kappa shape index (κ1) is 14.7. The Morgan fingerprint density at radius 1 is 1.50 bits per heavy atom. The van der Waals surface area contributed by atoms with Crippen LogP contribution < -0.4 is 0 Å². The summed E-state index contributed by atoms with van der Waals surface area (Å²) in [7, 11) is 0. The van der Waals surface area contributed by atoms with Crippen LogP contribution in [0.1, 0.15) is 39.5 Å². The molecule has 0 aliphatic carbocycles. The van der Waals surface area contributed by atoms with Crippen molar-refractivity contribution in [2.75, 3.05) is 0 Å². The van der Waals surface area contributed by atoms with Crippen LogP contribution in [0.4, 0.5) is 0 Å². The molecule has 0 aliphatic heterocycles. The van der Waals surface area contributed by atoms with E-state index in [-0.39, 0.29) is 29.7 Å². The second-order valence-corrected chi connectivity index (χ2v) is 3.10. The van der Waals surface area contributed by atoms with Gasteiger partial charge in [0.15, 0.2) is 5.78 Å². The van der Waals surface area contributed by atoms with E-state index >= 15 is 0 Å². The molecule has 1 unspecified atom stereocenters. The van der Waals surface area contributed by atoms with E-state index in [1.54, 1.807) is 0 Å². The second kappa shape index (κ2) is 9.30. The number of carbonyl (C=O) groups excluding carboxylic acids is 1. The van der Waals surface area contributed by atoms with E-state index in [0.29, 0.717) is 12.3 Å². The third kappa shape index (κ3) is 8.31. The first-order chi connectivity index (χ1) is 5.20. The van der Waals surface area contributed by atoms with Crippen molar-refractivity contribution in [2.45, 2.75) is 39.5 Å². The molecule has 0 saturated carbocycles. The third-order valence-corrected chi connectivity index (χ3v) is 1.89. The molecule has 0 bridgehead atoms. The van der Waals surface area contributed by atoms with Gasteiger partial charge in [-0.2, -0.15) is 0 Å². The quantitative estimate of drug-likeness (QED) is 0.531. The van der Waals surface area contributed by atoms with Gasteiger partial charge in [0.05, 0.1) is 0 Å². The number of hydrogen-bond donors (Lipinski definition) is 0. The molecule has 0 amide bonds. The molecule has 12 heavy (non-hydrogen) atoms. The van der Waals surface area contributed by atoms with Crippen LogP contribution >= 0.6 is 0 Å². The van der Waals surface area contributed by atoms with Gasteiger partial charge >= 0.3 is 23.9 Å². The van der Waals surface area contributed by atoms with E-state index in [1.807, 2.05) is 0 Å². The fraction of sp³-hybridized carbons (Fsp3) is 0.700. The molecule has 0 rings (SSSR count). The molecule has 1 nitrogen and oxygen atoms in total. The van der Waals surface area contributed by atoms with Crippen molar-refractivity contribution in [2.24, 2.45) is 5.92 Å². The molecule has 1 atom stereocenters. The summed E-state index contributed by atoms with van der Waals surface area (Å²) in [4.78, 5) is 10.8. The van der Waals surface area contributed by atoms with Crippen LogP contribution in [0.5, 0.6) is 0 Å². The molecule has 0 aliphatic rings. The monoisotopic (exact) mass is 278 g/mol. The Hall–Kier alpha value is 0.209. The van der Waals surface area contributed by atoms with Gasteiger partial charge in [0, 0.05) is 6.42 Å². The summed E-state index contributed by atoms with van der Waals surface area (Å²) in [6.45, 7) is 7.80. The Labute approximate surface area is 92.6 Å². The Balaban J connectivity index is 0. The SMILES string of the molecule is C=CC(=O)CCC(C)CCC.[SnH4]. The van der Waals surface area contributed by atoms with Crippen molar-refractivity contribution in [1.82, 2.24) is 0 Å². The van der Waals surface area contributed by atoms with E-state index in [0.717, 1.165) is 6.42 Å². The van der Waals surface area contributed by atoms with Crippen molar-refractivity contribution in [3.8, 4) is 0 Å². The van der Waals surface area contributed by atoms with Crippen molar-refractivity contribution in [1.29, 1.82) is 0 Å². The molecule has 0 spiro atoms. The fourth-order valence-corrected chi connectivity index (χ4v) is 1.13. The Morgan fingerprint density at radius 2 is 2.08 bits per heavy atom. The van der Waals surface area contributed by atoms with Crippen LogP contribution in [0, 0.1) is 5.92 Å². The molecule has 0 aromatic heterocycles. The average molecular weight is 277 g/mol. The minimum atomic E-state index is 0. The molecule has 0 aromatic carbocycles. The first-order valence-electron chi connectivity index (χ1n) is 4.36. The number of allylic oxidation sites excluding steroid dienone is 1. The second-order valence-electron chi connectivity index (χ2n) is 3.10. The van der Waals surface area contributed by atoms with Crippen molar-refractivity contribution < 1.29 is 4.79 Å². The zero-order chi connectivity index (χ0) is 8.69. The Bertz CT molecular complexity index is 132. The predicted molar refractivity (Wildman–Crippen MR) is 59.8 cm³/mol. The Kier molecular flexibility index (Phi) is 11.4. The zero-order valence-corrected chi connectivity index (χ0v) is 7.60. The third-order valence-electron chi connectivity index (χ3n) is 1.89. The van der Waals surface area contributed by atoms with Gasteiger partial charge < -0.3 is 0 Å². The van der Waals surface area contributed by atoms with Crippen LogP contribution in [0.2, 0.25) is 0 Å². The summed E-state index contributed by atoms with van der Waals surface area (Å²) in [5, 5.41) is 0. The molecule has 0 radical (unpaired) electrons. The van der Waals surface area contributed by atoms with Crippen molar-refractivity contribution in [3.63, 3.8) is 0 Å². The van der Waals surface area contributed by atoms with Gasteiger partial charge in [0.2, 0.25) is 0 Å². The maximum absolute atomic E-state index is 10.8. The van der Waals surface area contributed by atoms with E-state index < -0.39 is 0 Å². The maximum atomic E-state index is 10.8. The number of carbonyl (C=O) groups is 1. The Morgan fingerprint density at radius 3 is 2.50 bits per heavy atom. The van der Waals surface area contributed by atoms with E-state index in [9.17, 15) is 4.79 Å². The summed E-state index contributed by atoms with van der Waals surface area (Å²) < 4.78 is 0. The van der Waals surface area contributed by atoms with Crippen LogP contribution in [0.15, 0.2) is 12.7 Å². The molecule has 0 N–H and O–H groups in total. The van der Waals surface area contributed by atoms with Gasteiger partial charge in [-0.15, -0.1) is 0 Å². The first-order valence-corrected chi connectivity index (χ1v) is 4.36. The van der Waals surface area contributed by atoms with Gasteiger partial charge in [-0.1, -0.05) is 33.3 Å². The minimum absolute atomic E-state index is 0.